The van der Waals surface area contributed by atoms with Gasteiger partial charge < -0.3 is 10.0 Å². The van der Waals surface area contributed by atoms with E-state index in [0.29, 0.717) is 6.42 Å². The largest absolute Gasteiger partial charge is 0.386 e. The number of carbonyl (C=O) groups excluding carboxylic acids is 1. The fourth-order valence-electron chi connectivity index (χ4n) is 2.68. The second-order valence-electron chi connectivity index (χ2n) is 6.03. The van der Waals surface area contributed by atoms with Crippen molar-refractivity contribution in [3.8, 4) is 0 Å². The van der Waals surface area contributed by atoms with Gasteiger partial charge in [0, 0.05) is 13.5 Å². The van der Waals surface area contributed by atoms with Crippen LogP contribution in [0.25, 0.3) is 0 Å². The molecule has 2 aromatic carbocycles. The van der Waals surface area contributed by atoms with Crippen molar-refractivity contribution >= 4 is 5.91 Å². The van der Waals surface area contributed by atoms with E-state index in [1.54, 1.807) is 11.9 Å². The van der Waals surface area contributed by atoms with E-state index in [1.165, 1.54) is 11.1 Å². The average Bonchev–Trinajstić information content (AvgIpc) is 2.59. The van der Waals surface area contributed by atoms with E-state index in [2.05, 4.69) is 19.1 Å². The highest BCUT2D eigenvalue weighted by atomic mass is 16.3. The molecule has 0 bridgehead atoms. The zero-order valence-electron chi connectivity index (χ0n) is 14.1. The molecular formula is C20H25NO2. The number of aliphatic hydroxyl groups is 1. The highest BCUT2D eigenvalue weighted by Gasteiger charge is 2.23. The van der Waals surface area contributed by atoms with Crippen molar-refractivity contribution < 1.29 is 9.90 Å². The summed E-state index contributed by atoms with van der Waals surface area (Å²) in [5.41, 5.74) is 3.24. The number of hydrogen-bond donors (Lipinski definition) is 1. The molecule has 2 rings (SSSR count). The number of benzene rings is 2. The number of rotatable bonds is 6. The summed E-state index contributed by atoms with van der Waals surface area (Å²) < 4.78 is 0. The Hall–Kier alpha value is -2.13. The minimum atomic E-state index is -0.677. The maximum absolute atomic E-state index is 12.4. The molecule has 1 N–H and O–H groups in total. The van der Waals surface area contributed by atoms with Crippen molar-refractivity contribution in [1.82, 2.24) is 4.90 Å². The van der Waals surface area contributed by atoms with Crippen LogP contribution in [0.5, 0.6) is 0 Å². The fraction of sp³-hybridized carbons (Fsp3) is 0.350. The molecule has 3 nitrogen and oxygen atoms in total. The summed E-state index contributed by atoms with van der Waals surface area (Å²) in [5, 5.41) is 10.4. The Kier molecular flexibility index (Phi) is 5.94. The Balaban J connectivity index is 1.95. The van der Waals surface area contributed by atoms with E-state index >= 15 is 0 Å². The molecule has 0 aliphatic heterocycles. The van der Waals surface area contributed by atoms with Gasteiger partial charge in [-0.1, -0.05) is 54.6 Å². The molecule has 0 saturated heterocycles. The summed E-state index contributed by atoms with van der Waals surface area (Å²) in [4.78, 5) is 14.1. The van der Waals surface area contributed by atoms with Gasteiger partial charge in [-0.2, -0.15) is 0 Å². The smallest absolute Gasteiger partial charge is 0.222 e. The van der Waals surface area contributed by atoms with E-state index in [0.717, 1.165) is 12.0 Å². The Bertz CT molecular complexity index is 639. The van der Waals surface area contributed by atoms with E-state index in [4.69, 9.17) is 0 Å². The van der Waals surface area contributed by atoms with Crippen molar-refractivity contribution in [2.24, 2.45) is 0 Å². The summed E-state index contributed by atoms with van der Waals surface area (Å²) in [5.74, 6) is 0.0516. The lowest BCUT2D eigenvalue weighted by atomic mass is 10.0. The van der Waals surface area contributed by atoms with Crippen molar-refractivity contribution in [3.63, 3.8) is 0 Å². The van der Waals surface area contributed by atoms with Crippen molar-refractivity contribution in [2.75, 3.05) is 7.05 Å². The molecule has 122 valence electrons. The second-order valence-corrected chi connectivity index (χ2v) is 6.03. The third-order valence-corrected chi connectivity index (χ3v) is 4.47. The first-order valence-electron chi connectivity index (χ1n) is 8.04. The van der Waals surface area contributed by atoms with Gasteiger partial charge in [-0.05, 0) is 37.0 Å². The quantitative estimate of drug-likeness (QED) is 0.887. The van der Waals surface area contributed by atoms with Gasteiger partial charge in [0.1, 0.15) is 0 Å². The average molecular weight is 311 g/mol. The van der Waals surface area contributed by atoms with Crippen LogP contribution in [0, 0.1) is 6.92 Å². The molecule has 2 atom stereocenters. The van der Waals surface area contributed by atoms with Gasteiger partial charge in [-0.3, -0.25) is 4.79 Å². The molecule has 0 radical (unpaired) electrons. The zero-order valence-corrected chi connectivity index (χ0v) is 14.1. The third-order valence-electron chi connectivity index (χ3n) is 4.47. The molecule has 0 unspecified atom stereocenters. The number of carbonyl (C=O) groups is 1. The highest BCUT2D eigenvalue weighted by molar-refractivity contribution is 5.76. The molecule has 0 spiro atoms. The topological polar surface area (TPSA) is 40.5 Å². The molecule has 3 heteroatoms. The summed E-state index contributed by atoms with van der Waals surface area (Å²) in [7, 11) is 1.76. The predicted octanol–water partition coefficient (Wildman–Crippen LogP) is 3.51. The lowest BCUT2D eigenvalue weighted by Crippen LogP contribution is -2.39. The summed E-state index contributed by atoms with van der Waals surface area (Å²) in [6.07, 6.45) is 0.501. The van der Waals surface area contributed by atoms with Gasteiger partial charge in [0.05, 0.1) is 12.1 Å². The maximum atomic E-state index is 12.4. The molecule has 2 aromatic rings. The van der Waals surface area contributed by atoms with E-state index in [-0.39, 0.29) is 11.9 Å². The SMILES string of the molecule is Cc1ccccc1CCC(=O)N(C)[C@@H](C)[C@@H](O)c1ccccc1. The van der Waals surface area contributed by atoms with Gasteiger partial charge >= 0.3 is 0 Å². The van der Waals surface area contributed by atoms with Crippen LogP contribution in [-0.4, -0.2) is 29.0 Å². The highest BCUT2D eigenvalue weighted by Crippen LogP contribution is 2.20. The van der Waals surface area contributed by atoms with Gasteiger partial charge in [0.25, 0.3) is 0 Å². The number of hydrogen-bond acceptors (Lipinski definition) is 2. The Morgan fingerprint density at radius 1 is 1.09 bits per heavy atom. The first-order valence-corrected chi connectivity index (χ1v) is 8.04. The Morgan fingerprint density at radius 3 is 2.35 bits per heavy atom. The van der Waals surface area contributed by atoms with E-state index in [1.807, 2.05) is 49.4 Å². The van der Waals surface area contributed by atoms with Crippen LogP contribution in [0.1, 0.15) is 36.1 Å². The van der Waals surface area contributed by atoms with Crippen molar-refractivity contribution in [2.45, 2.75) is 38.8 Å². The molecule has 0 saturated carbocycles. The third kappa shape index (κ3) is 4.42. The number of nitrogens with zero attached hydrogens (tertiary/aromatic N) is 1. The van der Waals surface area contributed by atoms with Crippen molar-refractivity contribution in [3.05, 3.63) is 71.3 Å². The van der Waals surface area contributed by atoms with Crippen LogP contribution in [0.2, 0.25) is 0 Å². The number of likely N-dealkylation sites (N-methyl/N-ethyl adjacent to an activating group) is 1. The Labute approximate surface area is 138 Å². The summed E-state index contributed by atoms with van der Waals surface area (Å²) >= 11 is 0. The fourth-order valence-corrected chi connectivity index (χ4v) is 2.68. The molecule has 0 fully saturated rings. The van der Waals surface area contributed by atoms with Crippen LogP contribution in [-0.2, 0) is 11.2 Å². The predicted molar refractivity (Wildman–Crippen MR) is 93.1 cm³/mol. The van der Waals surface area contributed by atoms with E-state index < -0.39 is 6.10 Å². The minimum absolute atomic E-state index is 0.0516. The molecule has 0 aliphatic rings. The first-order chi connectivity index (χ1) is 11.0. The molecule has 0 aromatic heterocycles. The van der Waals surface area contributed by atoms with Gasteiger partial charge in [0.15, 0.2) is 0 Å². The van der Waals surface area contributed by atoms with Crippen LogP contribution in [0.4, 0.5) is 0 Å². The number of aliphatic hydroxyl groups excluding tert-OH is 1. The lowest BCUT2D eigenvalue weighted by Gasteiger charge is -2.29. The van der Waals surface area contributed by atoms with Crippen molar-refractivity contribution in [1.29, 1.82) is 0 Å². The normalized spacial score (nSPS) is 13.4. The summed E-state index contributed by atoms with van der Waals surface area (Å²) in [6, 6.07) is 17.3. The summed E-state index contributed by atoms with van der Waals surface area (Å²) in [6.45, 7) is 3.94. The second kappa shape index (κ2) is 7.93. The maximum Gasteiger partial charge on any atom is 0.222 e. The molecule has 23 heavy (non-hydrogen) atoms. The first kappa shape index (κ1) is 17.2. The lowest BCUT2D eigenvalue weighted by molar-refractivity contribution is -0.133. The number of amides is 1. The molecular weight excluding hydrogens is 286 g/mol. The van der Waals surface area contributed by atoms with Crippen LogP contribution in [0.15, 0.2) is 54.6 Å². The van der Waals surface area contributed by atoms with Crippen LogP contribution in [0.3, 0.4) is 0 Å². The molecule has 1 amide bonds. The van der Waals surface area contributed by atoms with Gasteiger partial charge in [-0.15, -0.1) is 0 Å². The monoisotopic (exact) mass is 311 g/mol. The van der Waals surface area contributed by atoms with E-state index in [9.17, 15) is 9.90 Å². The minimum Gasteiger partial charge on any atom is -0.386 e. The molecule has 0 heterocycles. The van der Waals surface area contributed by atoms with Gasteiger partial charge in [-0.25, -0.2) is 0 Å². The van der Waals surface area contributed by atoms with Crippen LogP contribution < -0.4 is 0 Å². The standard InChI is InChI=1S/C20H25NO2/c1-15-9-7-8-10-17(15)13-14-19(22)21(3)16(2)20(23)18-11-5-4-6-12-18/h4-12,16,20,23H,13-14H2,1-3H3/t16-,20+/m0/s1. The van der Waals surface area contributed by atoms with Crippen LogP contribution >= 0.6 is 0 Å². The zero-order chi connectivity index (χ0) is 16.8. The van der Waals surface area contributed by atoms with Gasteiger partial charge in [0.2, 0.25) is 5.91 Å². The molecule has 0 aliphatic carbocycles. The number of aryl methyl sites for hydroxylation is 2. The Morgan fingerprint density at radius 2 is 1.70 bits per heavy atom.